The monoisotopic (exact) mass is 247 g/mol. The van der Waals surface area contributed by atoms with Gasteiger partial charge in [-0.1, -0.05) is 24.3 Å². The molecule has 0 saturated heterocycles. The zero-order valence-corrected chi connectivity index (χ0v) is 9.49. The van der Waals surface area contributed by atoms with Crippen LogP contribution in [0.4, 0.5) is 14.5 Å². The van der Waals surface area contributed by atoms with Crippen LogP contribution in [0, 0.1) is 11.6 Å². The van der Waals surface area contributed by atoms with Gasteiger partial charge in [-0.2, -0.15) is 0 Å². The largest absolute Gasteiger partial charge is 0.482 e. The standard InChI is InChI=1S/C14H11F2NO/c15-10-5-3-4-9(14(10)16)13-8-17-11-6-1-2-7-12(11)18-13/h1-7,13,17H,8H2. The molecule has 0 aliphatic carbocycles. The zero-order chi connectivity index (χ0) is 12.5. The van der Waals surface area contributed by atoms with Gasteiger partial charge in [0.25, 0.3) is 0 Å². The number of hydrogen-bond acceptors (Lipinski definition) is 2. The van der Waals surface area contributed by atoms with E-state index in [1.807, 2.05) is 18.2 Å². The summed E-state index contributed by atoms with van der Waals surface area (Å²) in [5.41, 5.74) is 1.10. The molecule has 0 saturated carbocycles. The molecule has 0 amide bonds. The van der Waals surface area contributed by atoms with Crippen molar-refractivity contribution < 1.29 is 13.5 Å². The highest BCUT2D eigenvalue weighted by Gasteiger charge is 2.24. The molecule has 0 spiro atoms. The molecule has 2 nitrogen and oxygen atoms in total. The third-order valence-electron chi connectivity index (χ3n) is 2.96. The summed E-state index contributed by atoms with van der Waals surface area (Å²) in [6.07, 6.45) is -0.518. The van der Waals surface area contributed by atoms with E-state index in [4.69, 9.17) is 4.74 Å². The fraction of sp³-hybridized carbons (Fsp3) is 0.143. The van der Waals surface area contributed by atoms with E-state index in [1.165, 1.54) is 6.07 Å². The minimum absolute atomic E-state index is 0.233. The van der Waals surface area contributed by atoms with Gasteiger partial charge in [-0.05, 0) is 18.2 Å². The number of fused-ring (bicyclic) bond motifs is 1. The molecule has 1 N–H and O–H groups in total. The Labute approximate surface area is 103 Å². The first-order chi connectivity index (χ1) is 8.75. The van der Waals surface area contributed by atoms with Crippen molar-refractivity contribution in [2.75, 3.05) is 11.9 Å². The summed E-state index contributed by atoms with van der Waals surface area (Å²) in [6.45, 7) is 0.414. The highest BCUT2D eigenvalue weighted by molar-refractivity contribution is 5.58. The Kier molecular flexibility index (Phi) is 2.63. The molecule has 1 aliphatic rings. The van der Waals surface area contributed by atoms with Crippen LogP contribution in [0.5, 0.6) is 5.75 Å². The number of benzene rings is 2. The van der Waals surface area contributed by atoms with Crippen molar-refractivity contribution in [3.8, 4) is 5.75 Å². The van der Waals surface area contributed by atoms with Crippen LogP contribution in [0.3, 0.4) is 0 Å². The van der Waals surface area contributed by atoms with Gasteiger partial charge < -0.3 is 10.1 Å². The van der Waals surface area contributed by atoms with Gasteiger partial charge in [-0.25, -0.2) is 8.78 Å². The number of rotatable bonds is 1. The number of halogens is 2. The van der Waals surface area contributed by atoms with Crippen molar-refractivity contribution in [2.24, 2.45) is 0 Å². The molecule has 2 aromatic rings. The van der Waals surface area contributed by atoms with Crippen molar-refractivity contribution in [2.45, 2.75) is 6.10 Å². The van der Waals surface area contributed by atoms with Gasteiger partial charge in [0.1, 0.15) is 11.9 Å². The average Bonchev–Trinajstić information content (AvgIpc) is 2.41. The van der Waals surface area contributed by atoms with E-state index >= 15 is 0 Å². The Balaban J connectivity index is 1.94. The number of hydrogen-bond donors (Lipinski definition) is 1. The van der Waals surface area contributed by atoms with Crippen molar-refractivity contribution in [1.29, 1.82) is 0 Å². The maximum absolute atomic E-state index is 13.7. The zero-order valence-electron chi connectivity index (χ0n) is 9.49. The molecule has 2 aromatic carbocycles. The van der Waals surface area contributed by atoms with Crippen LogP contribution in [0.15, 0.2) is 42.5 Å². The van der Waals surface area contributed by atoms with Gasteiger partial charge in [0.2, 0.25) is 0 Å². The Hall–Kier alpha value is -2.10. The molecule has 0 radical (unpaired) electrons. The number of para-hydroxylation sites is 2. The van der Waals surface area contributed by atoms with Crippen molar-refractivity contribution in [1.82, 2.24) is 0 Å². The van der Waals surface area contributed by atoms with Crippen LogP contribution < -0.4 is 10.1 Å². The van der Waals surface area contributed by atoms with Gasteiger partial charge in [0, 0.05) is 5.56 Å². The molecule has 1 aliphatic heterocycles. The predicted octanol–water partition coefficient (Wildman–Crippen LogP) is 3.51. The predicted molar refractivity (Wildman–Crippen MR) is 64.7 cm³/mol. The molecule has 1 atom stereocenters. The maximum atomic E-state index is 13.7. The van der Waals surface area contributed by atoms with Crippen molar-refractivity contribution in [3.63, 3.8) is 0 Å². The van der Waals surface area contributed by atoms with E-state index in [0.29, 0.717) is 12.3 Å². The average molecular weight is 247 g/mol. The van der Waals surface area contributed by atoms with Crippen LogP contribution in [0.25, 0.3) is 0 Å². The first-order valence-corrected chi connectivity index (χ1v) is 5.69. The van der Waals surface area contributed by atoms with Gasteiger partial charge in [0.15, 0.2) is 11.6 Å². The lowest BCUT2D eigenvalue weighted by molar-refractivity contribution is 0.204. The number of anilines is 1. The fourth-order valence-corrected chi connectivity index (χ4v) is 2.06. The normalized spacial score (nSPS) is 17.6. The van der Waals surface area contributed by atoms with Crippen LogP contribution >= 0.6 is 0 Å². The van der Waals surface area contributed by atoms with Crippen molar-refractivity contribution >= 4 is 5.69 Å². The molecule has 92 valence electrons. The van der Waals surface area contributed by atoms with Crippen molar-refractivity contribution in [3.05, 3.63) is 59.7 Å². The summed E-state index contributed by atoms with van der Waals surface area (Å²) in [5.74, 6) is -1.05. The molecule has 18 heavy (non-hydrogen) atoms. The summed E-state index contributed by atoms with van der Waals surface area (Å²) in [6, 6.07) is 11.5. The number of ether oxygens (including phenoxy) is 1. The van der Waals surface area contributed by atoms with Crippen LogP contribution in [0.1, 0.15) is 11.7 Å². The first-order valence-electron chi connectivity index (χ1n) is 5.69. The number of nitrogens with one attached hydrogen (secondary N) is 1. The Morgan fingerprint density at radius 1 is 1.06 bits per heavy atom. The van der Waals surface area contributed by atoms with E-state index in [1.54, 1.807) is 12.1 Å². The second-order valence-corrected chi connectivity index (χ2v) is 4.13. The molecule has 3 rings (SSSR count). The van der Waals surface area contributed by atoms with Gasteiger partial charge in [-0.15, -0.1) is 0 Å². The minimum Gasteiger partial charge on any atom is -0.482 e. The highest BCUT2D eigenvalue weighted by Crippen LogP contribution is 2.34. The first kappa shape index (κ1) is 11.0. The van der Waals surface area contributed by atoms with Crippen LogP contribution in [-0.2, 0) is 0 Å². The Bertz CT molecular complexity index is 586. The van der Waals surface area contributed by atoms with E-state index in [2.05, 4.69) is 5.32 Å². The Morgan fingerprint density at radius 2 is 1.89 bits per heavy atom. The van der Waals surface area contributed by atoms with E-state index in [9.17, 15) is 8.78 Å². The summed E-state index contributed by atoms with van der Waals surface area (Å²) >= 11 is 0. The maximum Gasteiger partial charge on any atom is 0.165 e. The smallest absolute Gasteiger partial charge is 0.165 e. The van der Waals surface area contributed by atoms with Crippen LogP contribution in [0.2, 0.25) is 0 Å². The third kappa shape index (κ3) is 1.79. The fourth-order valence-electron chi connectivity index (χ4n) is 2.06. The lowest BCUT2D eigenvalue weighted by Gasteiger charge is -2.27. The van der Waals surface area contributed by atoms with E-state index in [-0.39, 0.29) is 5.56 Å². The van der Waals surface area contributed by atoms with Gasteiger partial charge in [-0.3, -0.25) is 0 Å². The molecule has 4 heteroatoms. The molecule has 0 bridgehead atoms. The van der Waals surface area contributed by atoms with Crippen LogP contribution in [-0.4, -0.2) is 6.54 Å². The van der Waals surface area contributed by atoms with Gasteiger partial charge in [0.05, 0.1) is 12.2 Å². The lowest BCUT2D eigenvalue weighted by atomic mass is 10.1. The minimum atomic E-state index is -0.852. The second-order valence-electron chi connectivity index (χ2n) is 4.13. The molecule has 1 unspecified atom stereocenters. The van der Waals surface area contributed by atoms with Gasteiger partial charge >= 0.3 is 0 Å². The second kappa shape index (κ2) is 4.29. The quantitative estimate of drug-likeness (QED) is 0.832. The molecular weight excluding hydrogens is 236 g/mol. The summed E-state index contributed by atoms with van der Waals surface area (Å²) in [4.78, 5) is 0. The molecule has 0 aromatic heterocycles. The van der Waals surface area contributed by atoms with E-state index < -0.39 is 17.7 Å². The molecule has 0 fully saturated rings. The molecule has 1 heterocycles. The lowest BCUT2D eigenvalue weighted by Crippen LogP contribution is -2.24. The van der Waals surface area contributed by atoms with E-state index in [0.717, 1.165) is 11.8 Å². The summed E-state index contributed by atoms with van der Waals surface area (Å²) < 4.78 is 32.5. The third-order valence-corrected chi connectivity index (χ3v) is 2.96. The highest BCUT2D eigenvalue weighted by atomic mass is 19.2. The summed E-state index contributed by atoms with van der Waals surface area (Å²) in [5, 5.41) is 3.14. The molecular formula is C14H11F2NO. The summed E-state index contributed by atoms with van der Waals surface area (Å²) in [7, 11) is 0. The SMILES string of the molecule is Fc1cccc(C2CNc3ccccc3O2)c1F. The topological polar surface area (TPSA) is 21.3 Å². The Morgan fingerprint density at radius 3 is 2.78 bits per heavy atom.